The maximum atomic E-state index is 12.2. The lowest BCUT2D eigenvalue weighted by atomic mass is 10.2. The van der Waals surface area contributed by atoms with Gasteiger partial charge < -0.3 is 24.3 Å². The maximum absolute atomic E-state index is 12.2. The lowest BCUT2D eigenvalue weighted by Gasteiger charge is -2.13. The van der Waals surface area contributed by atoms with Crippen molar-refractivity contribution in [1.29, 1.82) is 0 Å². The third-order valence-electron chi connectivity index (χ3n) is 3.56. The molecule has 0 saturated heterocycles. The summed E-state index contributed by atoms with van der Waals surface area (Å²) < 4.78 is 19.9. The van der Waals surface area contributed by atoms with Crippen molar-refractivity contribution in [3.8, 4) is 11.5 Å². The number of rotatable bonds is 7. The van der Waals surface area contributed by atoms with Crippen LogP contribution in [0.25, 0.3) is 0 Å². The highest BCUT2D eigenvalue weighted by atomic mass is 16.5. The molecule has 0 heterocycles. The zero-order valence-electron chi connectivity index (χ0n) is 15.1. The van der Waals surface area contributed by atoms with Crippen LogP contribution in [0.4, 0.5) is 5.69 Å². The molecule has 142 valence electrons. The van der Waals surface area contributed by atoms with Crippen molar-refractivity contribution in [2.24, 2.45) is 0 Å². The van der Waals surface area contributed by atoms with Crippen molar-refractivity contribution < 1.29 is 33.3 Å². The summed E-state index contributed by atoms with van der Waals surface area (Å²) in [6.45, 7) is -0.396. The van der Waals surface area contributed by atoms with Gasteiger partial charge in [-0.15, -0.1) is 0 Å². The van der Waals surface area contributed by atoms with Crippen LogP contribution in [0, 0.1) is 0 Å². The van der Waals surface area contributed by atoms with Crippen LogP contribution < -0.4 is 14.8 Å². The Kier molecular flexibility index (Phi) is 6.76. The van der Waals surface area contributed by atoms with Gasteiger partial charge in [-0.25, -0.2) is 9.59 Å². The number of esters is 2. The molecule has 0 saturated carbocycles. The molecule has 0 unspecified atom stereocenters. The predicted molar refractivity (Wildman–Crippen MR) is 96.2 cm³/mol. The number of benzene rings is 2. The van der Waals surface area contributed by atoms with E-state index >= 15 is 0 Å². The van der Waals surface area contributed by atoms with Crippen molar-refractivity contribution in [2.75, 3.05) is 33.3 Å². The van der Waals surface area contributed by atoms with E-state index in [1.54, 1.807) is 24.3 Å². The Balaban J connectivity index is 2.12. The number of methoxy groups -OCH3 is 3. The van der Waals surface area contributed by atoms with E-state index in [0.717, 1.165) is 0 Å². The van der Waals surface area contributed by atoms with Gasteiger partial charge in [0.1, 0.15) is 17.1 Å². The van der Waals surface area contributed by atoms with E-state index in [1.165, 1.54) is 39.5 Å². The number of nitrogens with one attached hydrogen (secondary N) is 1. The third-order valence-corrected chi connectivity index (χ3v) is 3.56. The second-order valence-corrected chi connectivity index (χ2v) is 5.23. The Morgan fingerprint density at radius 1 is 0.889 bits per heavy atom. The second-order valence-electron chi connectivity index (χ2n) is 5.23. The molecule has 0 aliphatic heterocycles. The van der Waals surface area contributed by atoms with E-state index in [4.69, 9.17) is 14.2 Å². The van der Waals surface area contributed by atoms with E-state index < -0.39 is 24.5 Å². The molecule has 0 aliphatic carbocycles. The molecule has 8 heteroatoms. The standard InChI is InChI=1S/C19H19NO7/c1-24-12-8-9-14(19(23)26-3)16(10-12)27-11-17(21)20-15-7-5-4-6-13(15)18(22)25-2/h4-10H,11H2,1-3H3,(H,20,21). The van der Waals surface area contributed by atoms with Crippen LogP contribution in [0.1, 0.15) is 20.7 Å². The predicted octanol–water partition coefficient (Wildman–Crippen LogP) is 2.29. The monoisotopic (exact) mass is 373 g/mol. The first-order valence-corrected chi connectivity index (χ1v) is 7.86. The summed E-state index contributed by atoms with van der Waals surface area (Å²) in [6.07, 6.45) is 0. The molecule has 0 aliphatic rings. The van der Waals surface area contributed by atoms with E-state index in [9.17, 15) is 14.4 Å². The summed E-state index contributed by atoms with van der Waals surface area (Å²) in [4.78, 5) is 35.8. The van der Waals surface area contributed by atoms with Crippen molar-refractivity contribution >= 4 is 23.5 Å². The van der Waals surface area contributed by atoms with E-state index in [-0.39, 0.29) is 22.6 Å². The van der Waals surface area contributed by atoms with Gasteiger partial charge in [-0.1, -0.05) is 12.1 Å². The van der Waals surface area contributed by atoms with Gasteiger partial charge in [0.2, 0.25) is 0 Å². The number of hydrogen-bond donors (Lipinski definition) is 1. The molecule has 0 atom stereocenters. The van der Waals surface area contributed by atoms with Crippen LogP contribution >= 0.6 is 0 Å². The van der Waals surface area contributed by atoms with Gasteiger partial charge in [0.05, 0.1) is 32.6 Å². The average Bonchev–Trinajstić information content (AvgIpc) is 2.71. The minimum Gasteiger partial charge on any atom is -0.497 e. The molecule has 27 heavy (non-hydrogen) atoms. The number of amides is 1. The number of anilines is 1. The topological polar surface area (TPSA) is 100 Å². The number of hydrogen-bond acceptors (Lipinski definition) is 7. The lowest BCUT2D eigenvalue weighted by molar-refractivity contribution is -0.118. The summed E-state index contributed by atoms with van der Waals surface area (Å²) in [5.74, 6) is -1.12. The average molecular weight is 373 g/mol. The van der Waals surface area contributed by atoms with Crippen molar-refractivity contribution in [2.45, 2.75) is 0 Å². The fourth-order valence-corrected chi connectivity index (χ4v) is 2.24. The minimum absolute atomic E-state index is 0.137. The van der Waals surface area contributed by atoms with Crippen LogP contribution in [0.5, 0.6) is 11.5 Å². The van der Waals surface area contributed by atoms with Gasteiger partial charge >= 0.3 is 11.9 Å². The summed E-state index contributed by atoms with van der Waals surface area (Å²) in [7, 11) is 3.96. The summed E-state index contributed by atoms with van der Waals surface area (Å²) >= 11 is 0. The van der Waals surface area contributed by atoms with Crippen LogP contribution in [0.3, 0.4) is 0 Å². The lowest BCUT2D eigenvalue weighted by Crippen LogP contribution is -2.22. The first-order chi connectivity index (χ1) is 13.0. The number of ether oxygens (including phenoxy) is 4. The highest BCUT2D eigenvalue weighted by Crippen LogP contribution is 2.25. The van der Waals surface area contributed by atoms with Crippen LogP contribution in [-0.2, 0) is 14.3 Å². The number of carbonyl (C=O) groups excluding carboxylic acids is 3. The normalized spacial score (nSPS) is 9.89. The first kappa shape index (κ1) is 19.8. The number of para-hydroxylation sites is 1. The Morgan fingerprint density at radius 2 is 1.56 bits per heavy atom. The fourth-order valence-electron chi connectivity index (χ4n) is 2.24. The quantitative estimate of drug-likeness (QED) is 0.743. The van der Waals surface area contributed by atoms with E-state index in [0.29, 0.717) is 5.75 Å². The van der Waals surface area contributed by atoms with Gasteiger partial charge in [0, 0.05) is 6.07 Å². The molecule has 2 rings (SSSR count). The Hall–Kier alpha value is -3.55. The molecule has 8 nitrogen and oxygen atoms in total. The van der Waals surface area contributed by atoms with Crippen molar-refractivity contribution in [3.63, 3.8) is 0 Å². The molecule has 1 amide bonds. The Bertz CT molecular complexity index is 848. The Morgan fingerprint density at radius 3 is 2.22 bits per heavy atom. The molecule has 0 aromatic heterocycles. The highest BCUT2D eigenvalue weighted by molar-refractivity contribution is 6.01. The largest absolute Gasteiger partial charge is 0.497 e. The molecular weight excluding hydrogens is 354 g/mol. The van der Waals surface area contributed by atoms with Gasteiger partial charge in [-0.05, 0) is 24.3 Å². The molecule has 0 radical (unpaired) electrons. The zero-order valence-corrected chi connectivity index (χ0v) is 15.1. The Labute approximate surface area is 156 Å². The smallest absolute Gasteiger partial charge is 0.341 e. The molecule has 2 aromatic rings. The maximum Gasteiger partial charge on any atom is 0.341 e. The van der Waals surface area contributed by atoms with Crippen LogP contribution in [0.2, 0.25) is 0 Å². The molecular formula is C19H19NO7. The highest BCUT2D eigenvalue weighted by Gasteiger charge is 2.17. The van der Waals surface area contributed by atoms with Gasteiger partial charge in [-0.2, -0.15) is 0 Å². The van der Waals surface area contributed by atoms with E-state index in [1.807, 2.05) is 0 Å². The zero-order chi connectivity index (χ0) is 19.8. The SMILES string of the molecule is COC(=O)c1ccccc1NC(=O)COc1cc(OC)ccc1C(=O)OC. The second kappa shape index (κ2) is 9.23. The summed E-state index contributed by atoms with van der Waals surface area (Å²) in [5, 5.41) is 2.58. The van der Waals surface area contributed by atoms with Gasteiger partial charge in [0.25, 0.3) is 5.91 Å². The van der Waals surface area contributed by atoms with Crippen molar-refractivity contribution in [1.82, 2.24) is 0 Å². The molecule has 2 aromatic carbocycles. The van der Waals surface area contributed by atoms with E-state index in [2.05, 4.69) is 10.1 Å². The summed E-state index contributed by atoms with van der Waals surface area (Å²) in [5.41, 5.74) is 0.655. The number of carbonyl (C=O) groups is 3. The van der Waals surface area contributed by atoms with Crippen LogP contribution in [0.15, 0.2) is 42.5 Å². The molecule has 0 spiro atoms. The molecule has 0 bridgehead atoms. The van der Waals surface area contributed by atoms with Gasteiger partial charge in [0.15, 0.2) is 6.61 Å². The molecule has 0 fully saturated rings. The van der Waals surface area contributed by atoms with Gasteiger partial charge in [-0.3, -0.25) is 4.79 Å². The van der Waals surface area contributed by atoms with Crippen LogP contribution in [-0.4, -0.2) is 45.8 Å². The third kappa shape index (κ3) is 4.97. The first-order valence-electron chi connectivity index (χ1n) is 7.86. The summed E-state index contributed by atoms with van der Waals surface area (Å²) in [6, 6.07) is 10.9. The fraction of sp³-hybridized carbons (Fsp3) is 0.211. The van der Waals surface area contributed by atoms with Crippen molar-refractivity contribution in [3.05, 3.63) is 53.6 Å². The minimum atomic E-state index is -0.607. The molecule has 1 N–H and O–H groups in total.